The van der Waals surface area contributed by atoms with Gasteiger partial charge in [-0.1, -0.05) is 60.7 Å². The van der Waals surface area contributed by atoms with Gasteiger partial charge in [-0.2, -0.15) is 23.1 Å². The first kappa shape index (κ1) is 41.0. The first-order chi connectivity index (χ1) is 23.2. The van der Waals surface area contributed by atoms with Crippen LogP contribution in [0, 0.1) is 0 Å². The number of piperazine rings is 2. The molecular formula is C34H43Cl2F4N5O5. The second-order valence-corrected chi connectivity index (χ2v) is 11.8. The molecule has 50 heavy (non-hydrogen) atoms. The van der Waals surface area contributed by atoms with Gasteiger partial charge in [-0.15, -0.1) is 24.8 Å². The molecule has 16 heteroatoms. The van der Waals surface area contributed by atoms with Crippen LogP contribution in [-0.2, 0) is 16.1 Å². The summed E-state index contributed by atoms with van der Waals surface area (Å²) in [6, 6.07) is 19.9. The van der Waals surface area contributed by atoms with E-state index in [1.807, 2.05) is 41.3 Å². The van der Waals surface area contributed by atoms with Gasteiger partial charge in [0.1, 0.15) is 13.3 Å². The van der Waals surface area contributed by atoms with Crippen LogP contribution in [0.4, 0.5) is 17.6 Å². The summed E-state index contributed by atoms with van der Waals surface area (Å²) in [5, 5.41) is 0. The summed E-state index contributed by atoms with van der Waals surface area (Å²) in [6.07, 6.45) is -4.36. The summed E-state index contributed by atoms with van der Waals surface area (Å²) in [5.41, 5.74) is 2.45. The monoisotopic (exact) mass is 747 g/mol. The molecular weight excluding hydrogens is 705 g/mol. The van der Waals surface area contributed by atoms with E-state index in [0.29, 0.717) is 39.3 Å². The molecule has 5 rings (SSSR count). The van der Waals surface area contributed by atoms with Gasteiger partial charge in [0, 0.05) is 64.4 Å². The Morgan fingerprint density at radius 2 is 1.52 bits per heavy atom. The summed E-state index contributed by atoms with van der Waals surface area (Å²) in [6.45, 7) is 0.350. The van der Waals surface area contributed by atoms with Gasteiger partial charge in [0.05, 0.1) is 25.7 Å². The molecule has 1 amide bonds. The Morgan fingerprint density at radius 1 is 0.880 bits per heavy atom. The van der Waals surface area contributed by atoms with Crippen molar-refractivity contribution in [2.45, 2.75) is 37.1 Å². The van der Waals surface area contributed by atoms with Gasteiger partial charge in [-0.25, -0.2) is 4.39 Å². The summed E-state index contributed by atoms with van der Waals surface area (Å²) >= 11 is 0. The highest BCUT2D eigenvalue weighted by atomic mass is 35.5. The molecule has 2 atom stereocenters. The van der Waals surface area contributed by atoms with Crippen molar-refractivity contribution in [2.75, 3.05) is 73.4 Å². The second-order valence-electron chi connectivity index (χ2n) is 11.8. The normalized spacial score (nSPS) is 18.1. The Bertz CT molecular complexity index is 1440. The third-order valence-electron chi connectivity index (χ3n) is 8.61. The first-order valence-corrected chi connectivity index (χ1v) is 15.9. The Morgan fingerprint density at radius 3 is 2.10 bits per heavy atom. The molecule has 0 bridgehead atoms. The number of ether oxygens (including phenoxy) is 4. The minimum atomic E-state index is -4.63. The van der Waals surface area contributed by atoms with Crippen molar-refractivity contribution in [1.29, 1.82) is 0 Å². The van der Waals surface area contributed by atoms with Crippen LogP contribution in [0.1, 0.15) is 29.0 Å². The van der Waals surface area contributed by atoms with Crippen molar-refractivity contribution >= 4 is 30.7 Å². The maximum atomic E-state index is 13.3. The molecule has 2 aliphatic heterocycles. The molecule has 2 fully saturated rings. The molecule has 0 aliphatic carbocycles. The fourth-order valence-electron chi connectivity index (χ4n) is 6.58. The van der Waals surface area contributed by atoms with Gasteiger partial charge in [0.25, 0.3) is 0 Å². The lowest BCUT2D eigenvalue weighted by molar-refractivity contribution is -0.154. The van der Waals surface area contributed by atoms with Crippen LogP contribution in [0.15, 0.2) is 60.7 Å². The van der Waals surface area contributed by atoms with Crippen LogP contribution in [0.25, 0.3) is 0 Å². The standard InChI is InChI=1S/C34H41F4N5O5.2ClH/c1-45-17-13-29(44)42-15-16-43-26(20-42)19-41(22-28(43)30(24-9-5-3-6-10-24)25-11-7-4-8-12-25)21-27-31(46-2)39-33(47-18-14-35)40-32(27)48-23-34(36,37)38;;/h3-12,26,28,30H,13-23H2,1-2H3;2*1H/t26-,28+;;/m1../s1. The highest BCUT2D eigenvalue weighted by Crippen LogP contribution is 2.38. The van der Waals surface area contributed by atoms with Crippen molar-refractivity contribution in [3.05, 3.63) is 77.4 Å². The van der Waals surface area contributed by atoms with E-state index >= 15 is 0 Å². The van der Waals surface area contributed by atoms with Gasteiger partial charge in [0.2, 0.25) is 17.7 Å². The molecule has 10 nitrogen and oxygen atoms in total. The quantitative estimate of drug-likeness (QED) is 0.207. The number of hydrogen-bond acceptors (Lipinski definition) is 9. The Hall–Kier alpha value is -3.43. The molecule has 3 aromatic rings. The van der Waals surface area contributed by atoms with E-state index in [0.717, 1.165) is 11.1 Å². The van der Waals surface area contributed by atoms with Crippen LogP contribution in [0.2, 0.25) is 0 Å². The Balaban J connectivity index is 0.00000338. The number of hydrogen-bond donors (Lipinski definition) is 0. The van der Waals surface area contributed by atoms with Gasteiger partial charge in [-0.3, -0.25) is 14.6 Å². The molecule has 2 aliphatic rings. The predicted octanol–water partition coefficient (Wildman–Crippen LogP) is 5.18. The molecule has 276 valence electrons. The molecule has 0 saturated carbocycles. The van der Waals surface area contributed by atoms with Crippen molar-refractivity contribution in [2.24, 2.45) is 0 Å². The number of rotatable bonds is 14. The summed E-state index contributed by atoms with van der Waals surface area (Å²) in [4.78, 5) is 27.8. The number of nitrogens with zero attached hydrogens (tertiary/aromatic N) is 5. The van der Waals surface area contributed by atoms with E-state index in [-0.39, 0.29) is 91.6 Å². The molecule has 2 aromatic carbocycles. The summed E-state index contributed by atoms with van der Waals surface area (Å²) < 4.78 is 73.8. The number of amides is 1. The van der Waals surface area contributed by atoms with Crippen molar-refractivity contribution < 1.29 is 41.3 Å². The molecule has 3 heterocycles. The highest BCUT2D eigenvalue weighted by Gasteiger charge is 2.43. The fourth-order valence-corrected chi connectivity index (χ4v) is 6.58. The van der Waals surface area contributed by atoms with Gasteiger partial charge >= 0.3 is 12.2 Å². The van der Waals surface area contributed by atoms with Gasteiger partial charge in [-0.05, 0) is 11.1 Å². The summed E-state index contributed by atoms with van der Waals surface area (Å²) in [5.74, 6) is -0.425. The maximum absolute atomic E-state index is 13.3. The van der Waals surface area contributed by atoms with Crippen LogP contribution in [-0.4, -0.2) is 122 Å². The molecule has 0 radical (unpaired) electrons. The van der Waals surface area contributed by atoms with Crippen LogP contribution < -0.4 is 14.2 Å². The smallest absolute Gasteiger partial charge is 0.422 e. The number of carbonyl (C=O) groups is 1. The third kappa shape index (κ3) is 10.5. The number of fused-ring (bicyclic) bond motifs is 1. The van der Waals surface area contributed by atoms with Crippen molar-refractivity contribution in [3.63, 3.8) is 0 Å². The third-order valence-corrected chi connectivity index (χ3v) is 8.61. The molecule has 0 spiro atoms. The number of methoxy groups -OCH3 is 2. The van der Waals surface area contributed by atoms with E-state index in [1.54, 1.807) is 7.11 Å². The highest BCUT2D eigenvalue weighted by molar-refractivity contribution is 5.85. The number of alkyl halides is 4. The lowest BCUT2D eigenvalue weighted by Crippen LogP contribution is -2.67. The van der Waals surface area contributed by atoms with Gasteiger partial charge in [0.15, 0.2) is 6.61 Å². The Kier molecular flexibility index (Phi) is 15.8. The van der Waals surface area contributed by atoms with E-state index in [9.17, 15) is 22.4 Å². The first-order valence-electron chi connectivity index (χ1n) is 15.9. The largest absolute Gasteiger partial charge is 0.481 e. The molecule has 0 unspecified atom stereocenters. The number of halogens is 6. The van der Waals surface area contributed by atoms with Crippen LogP contribution in [0.3, 0.4) is 0 Å². The van der Waals surface area contributed by atoms with Gasteiger partial charge < -0.3 is 23.8 Å². The van der Waals surface area contributed by atoms with E-state index < -0.39 is 19.5 Å². The summed E-state index contributed by atoms with van der Waals surface area (Å²) in [7, 11) is 2.90. The van der Waals surface area contributed by atoms with E-state index in [4.69, 9.17) is 18.9 Å². The average Bonchev–Trinajstić information content (AvgIpc) is 3.09. The Labute approximate surface area is 301 Å². The topological polar surface area (TPSA) is 89.5 Å². The molecule has 2 saturated heterocycles. The minimum absolute atomic E-state index is 0. The molecule has 1 aromatic heterocycles. The SMILES string of the molecule is COCCC(=O)N1CCN2[C@H](CN(Cc3c(OC)nc(OCCF)nc3OCC(F)(F)F)C[C@H]2C(c2ccccc2)c2ccccc2)C1.Cl.Cl. The zero-order valence-corrected chi connectivity index (χ0v) is 29.5. The molecule has 0 N–H and O–H groups in total. The zero-order chi connectivity index (χ0) is 34.1. The average molecular weight is 749 g/mol. The lowest BCUT2D eigenvalue weighted by atomic mass is 9.81. The van der Waals surface area contributed by atoms with E-state index in [2.05, 4.69) is 44.0 Å². The van der Waals surface area contributed by atoms with Crippen LogP contribution >= 0.6 is 24.8 Å². The number of benzene rings is 2. The predicted molar refractivity (Wildman–Crippen MR) is 183 cm³/mol. The number of carbonyl (C=O) groups excluding carboxylic acids is 1. The minimum Gasteiger partial charge on any atom is -0.481 e. The van der Waals surface area contributed by atoms with Crippen molar-refractivity contribution in [3.8, 4) is 17.8 Å². The van der Waals surface area contributed by atoms with Crippen LogP contribution in [0.5, 0.6) is 17.8 Å². The van der Waals surface area contributed by atoms with E-state index in [1.165, 1.54) is 7.11 Å². The fraction of sp³-hybridized carbons (Fsp3) is 0.500. The number of aromatic nitrogens is 2. The van der Waals surface area contributed by atoms with Crippen molar-refractivity contribution in [1.82, 2.24) is 24.7 Å². The lowest BCUT2D eigenvalue weighted by Gasteiger charge is -2.53. The second kappa shape index (κ2) is 19.3. The maximum Gasteiger partial charge on any atom is 0.422 e. The zero-order valence-electron chi connectivity index (χ0n) is 27.9.